The Labute approximate surface area is 149 Å². The minimum atomic E-state index is -1.31. The molecule has 0 aromatic rings. The Morgan fingerprint density at radius 2 is 1.83 bits per heavy atom. The van der Waals surface area contributed by atoms with Crippen LogP contribution in [-0.4, -0.2) is 39.5 Å². The summed E-state index contributed by atoms with van der Waals surface area (Å²) < 4.78 is 14.3. The largest absolute Gasteiger partial charge is 0.321 e. The van der Waals surface area contributed by atoms with Gasteiger partial charge in [-0.05, 0) is 41.5 Å². The number of hydrogen-bond acceptors (Lipinski definition) is 7. The van der Waals surface area contributed by atoms with Crippen LogP contribution in [0.1, 0.15) is 48.0 Å². The summed E-state index contributed by atoms with van der Waals surface area (Å²) in [7, 11) is 1.95. The van der Waals surface area contributed by atoms with Crippen LogP contribution in [-0.2, 0) is 9.05 Å². The molecule has 0 spiro atoms. The quantitative estimate of drug-likeness (QED) is 0.345. The monoisotopic (exact) mass is 375 g/mol. The molecule has 23 heavy (non-hydrogen) atoms. The minimum absolute atomic E-state index is 0.149. The van der Waals surface area contributed by atoms with Crippen molar-refractivity contribution >= 4 is 30.1 Å². The second kappa shape index (κ2) is 9.47. The van der Waals surface area contributed by atoms with Crippen LogP contribution in [0.15, 0.2) is 0 Å². The molecule has 1 unspecified atom stereocenters. The van der Waals surface area contributed by atoms with Gasteiger partial charge in [0, 0.05) is 16.8 Å². The number of hydrogen-bond donors (Lipinski definition) is 0. The summed E-state index contributed by atoms with van der Waals surface area (Å²) in [5.41, 5.74) is 0. The Morgan fingerprint density at radius 3 is 2.30 bits per heavy atom. The molecule has 0 aromatic heterocycles. The molecule has 1 aliphatic rings. The smallest absolute Gasteiger partial charge is 0.259 e. The van der Waals surface area contributed by atoms with Crippen LogP contribution in [0.25, 0.3) is 0 Å². The summed E-state index contributed by atoms with van der Waals surface area (Å²) in [5, 5.41) is 17.9. The zero-order chi connectivity index (χ0) is 17.6. The molecule has 0 radical (unpaired) electrons. The average Bonchev–Trinajstić information content (AvgIpc) is 2.73. The normalized spacial score (nSPS) is 24.8. The van der Waals surface area contributed by atoms with E-state index in [4.69, 9.17) is 14.3 Å². The first-order chi connectivity index (χ1) is 10.7. The maximum atomic E-state index is 9.40. The number of nitrogens with zero attached hydrogens (tertiary/aromatic N) is 3. The predicted octanol–water partition coefficient (Wildman–Crippen LogP) is 4.71. The zero-order valence-corrected chi connectivity index (χ0v) is 17.2. The Balaban J connectivity index is 2.95. The molecule has 0 aliphatic carbocycles. The van der Waals surface area contributed by atoms with Crippen molar-refractivity contribution in [3.05, 3.63) is 0 Å². The van der Waals surface area contributed by atoms with E-state index in [1.807, 2.05) is 0 Å². The minimum Gasteiger partial charge on any atom is -0.321 e. The highest BCUT2D eigenvalue weighted by Gasteiger charge is 2.48. The van der Waals surface area contributed by atoms with Gasteiger partial charge in [0.2, 0.25) is 0 Å². The van der Waals surface area contributed by atoms with Crippen LogP contribution < -0.4 is 0 Å². The first-order valence-electron chi connectivity index (χ1n) is 7.73. The van der Waals surface area contributed by atoms with E-state index in [2.05, 4.69) is 58.4 Å². The van der Waals surface area contributed by atoms with Crippen LogP contribution in [0.4, 0.5) is 0 Å². The zero-order valence-electron chi connectivity index (χ0n) is 14.6. The van der Waals surface area contributed by atoms with Gasteiger partial charge in [-0.3, -0.25) is 0 Å². The molecule has 8 heteroatoms. The Kier molecular flexibility index (Phi) is 8.66. The van der Waals surface area contributed by atoms with Gasteiger partial charge in [-0.15, -0.1) is 0 Å². The second-order valence-electron chi connectivity index (χ2n) is 6.41. The molecule has 0 saturated carbocycles. The van der Waals surface area contributed by atoms with Crippen molar-refractivity contribution in [2.75, 3.05) is 6.61 Å². The molecule has 1 fully saturated rings. The fourth-order valence-electron chi connectivity index (χ4n) is 2.30. The number of rotatable bonds is 8. The predicted molar refractivity (Wildman–Crippen MR) is 98.7 cm³/mol. The van der Waals surface area contributed by atoms with Gasteiger partial charge >= 0.3 is 0 Å². The van der Waals surface area contributed by atoms with Crippen molar-refractivity contribution in [3.63, 3.8) is 0 Å². The highest BCUT2D eigenvalue weighted by atomic mass is 33.1. The summed E-state index contributed by atoms with van der Waals surface area (Å²) in [5.74, 6) is 0. The van der Waals surface area contributed by atoms with E-state index < -0.39 is 8.53 Å². The lowest BCUT2D eigenvalue weighted by Gasteiger charge is -2.39. The van der Waals surface area contributed by atoms with E-state index in [9.17, 15) is 5.26 Å². The summed E-state index contributed by atoms with van der Waals surface area (Å²) in [6, 6.07) is 4.96. The topological polar surface area (TPSA) is 69.3 Å². The molecule has 0 bridgehead atoms. The van der Waals surface area contributed by atoms with Gasteiger partial charge in [-0.25, -0.2) is 4.67 Å². The maximum absolute atomic E-state index is 9.40. The molecule has 0 N–H and O–H groups in total. The van der Waals surface area contributed by atoms with Crippen LogP contribution >= 0.6 is 30.1 Å². The van der Waals surface area contributed by atoms with E-state index in [1.54, 1.807) is 21.6 Å². The molecular weight excluding hydrogens is 349 g/mol. The molecule has 3 atom stereocenters. The van der Waals surface area contributed by atoms with E-state index in [-0.39, 0.29) is 28.2 Å². The lowest BCUT2D eigenvalue weighted by molar-refractivity contribution is 0.121. The van der Waals surface area contributed by atoms with Crippen LogP contribution in [0.3, 0.4) is 0 Å². The fourth-order valence-corrected chi connectivity index (χ4v) is 7.37. The Morgan fingerprint density at radius 1 is 1.22 bits per heavy atom. The summed E-state index contributed by atoms with van der Waals surface area (Å²) in [6.07, 6.45) is 0.140. The van der Waals surface area contributed by atoms with Crippen molar-refractivity contribution in [1.82, 2.24) is 4.67 Å². The van der Waals surface area contributed by atoms with Crippen molar-refractivity contribution in [2.24, 2.45) is 0 Å². The fraction of sp³-hybridized carbons (Fsp3) is 0.867. The first-order valence-corrected chi connectivity index (χ1v) is 11.1. The standard InChI is InChI=1S/C15H26N3O2PS2/c1-11(2)18(12(3)4)21(19-9-7-8-16)20-14-13(10-17)22-23-15(14,5)6/h11-14H,7,9H2,1-6H3/t13-,14+,21?/m0/s1. The summed E-state index contributed by atoms with van der Waals surface area (Å²) in [4.78, 5) is 0. The van der Waals surface area contributed by atoms with E-state index in [1.165, 1.54) is 0 Å². The molecule has 1 heterocycles. The lowest BCUT2D eigenvalue weighted by Crippen LogP contribution is -2.40. The molecule has 1 rings (SSSR count). The Hall–Kier alpha value is -0.0100. The highest BCUT2D eigenvalue weighted by molar-refractivity contribution is 8.78. The molecule has 1 aliphatic heterocycles. The van der Waals surface area contributed by atoms with Gasteiger partial charge in [0.1, 0.15) is 11.4 Å². The molecule has 5 nitrogen and oxygen atoms in total. The Bertz CT molecular complexity index is 455. The van der Waals surface area contributed by atoms with Gasteiger partial charge in [0.05, 0.1) is 25.2 Å². The van der Waals surface area contributed by atoms with Gasteiger partial charge in [0.15, 0.2) is 0 Å². The summed E-state index contributed by atoms with van der Waals surface area (Å²) >= 11 is 0. The molecule has 130 valence electrons. The first kappa shape index (κ1) is 21.0. The van der Waals surface area contributed by atoms with E-state index in [0.29, 0.717) is 13.0 Å². The lowest BCUT2D eigenvalue weighted by atomic mass is 10.0. The van der Waals surface area contributed by atoms with E-state index in [0.717, 1.165) is 0 Å². The van der Waals surface area contributed by atoms with Crippen LogP contribution in [0.2, 0.25) is 0 Å². The molecule has 1 saturated heterocycles. The maximum Gasteiger partial charge on any atom is 0.259 e. The van der Waals surface area contributed by atoms with Crippen LogP contribution in [0.5, 0.6) is 0 Å². The van der Waals surface area contributed by atoms with Gasteiger partial charge in [-0.2, -0.15) is 10.5 Å². The van der Waals surface area contributed by atoms with Crippen LogP contribution in [0, 0.1) is 22.7 Å². The van der Waals surface area contributed by atoms with Crippen molar-refractivity contribution < 1.29 is 9.05 Å². The third kappa shape index (κ3) is 5.78. The number of nitriles is 2. The van der Waals surface area contributed by atoms with E-state index >= 15 is 0 Å². The molecule has 0 amide bonds. The van der Waals surface area contributed by atoms with Crippen molar-refractivity contribution in [1.29, 1.82) is 10.5 Å². The third-order valence-corrected chi connectivity index (χ3v) is 8.95. The SMILES string of the molecule is CC(C)N(C(C)C)P(OCCC#N)O[C@@H]1[C@H](C#N)SSC1(C)C. The molecular formula is C15H26N3O2PS2. The van der Waals surface area contributed by atoms with Gasteiger partial charge in [0.25, 0.3) is 8.53 Å². The summed E-state index contributed by atoms with van der Waals surface area (Å²) in [6.45, 7) is 13.0. The second-order valence-corrected chi connectivity index (χ2v) is 10.8. The van der Waals surface area contributed by atoms with Crippen molar-refractivity contribution in [3.8, 4) is 12.1 Å². The van der Waals surface area contributed by atoms with Gasteiger partial charge < -0.3 is 9.05 Å². The van der Waals surface area contributed by atoms with Crippen molar-refractivity contribution in [2.45, 2.75) is 76.1 Å². The van der Waals surface area contributed by atoms with Gasteiger partial charge in [-0.1, -0.05) is 21.6 Å². The average molecular weight is 376 g/mol. The molecule has 0 aromatic carbocycles. The third-order valence-electron chi connectivity index (χ3n) is 3.32. The highest BCUT2D eigenvalue weighted by Crippen LogP contribution is 2.57.